The fourth-order valence-electron chi connectivity index (χ4n) is 1.61. The van der Waals surface area contributed by atoms with E-state index in [0.717, 1.165) is 0 Å². The summed E-state index contributed by atoms with van der Waals surface area (Å²) in [4.78, 5) is 35.8. The fraction of sp³-hybridized carbons (Fsp3) is 0.769. The average molecular weight is 288 g/mol. The lowest BCUT2D eigenvalue weighted by Crippen LogP contribution is -2.51. The molecule has 0 aromatic carbocycles. The highest BCUT2D eigenvalue weighted by molar-refractivity contribution is 5.85. The van der Waals surface area contributed by atoms with Gasteiger partial charge in [0.1, 0.15) is 12.6 Å². The van der Waals surface area contributed by atoms with Crippen LogP contribution in [-0.4, -0.2) is 53.2 Å². The van der Waals surface area contributed by atoms with Crippen LogP contribution in [0.5, 0.6) is 0 Å². The summed E-state index contributed by atoms with van der Waals surface area (Å²) in [7, 11) is 0. The minimum absolute atomic E-state index is 0.199. The predicted octanol–water partition coefficient (Wildman–Crippen LogP) is 1.22. The van der Waals surface area contributed by atoms with Crippen molar-refractivity contribution in [3.05, 3.63) is 0 Å². The Morgan fingerprint density at radius 1 is 1.25 bits per heavy atom. The number of urea groups is 1. The van der Waals surface area contributed by atoms with Gasteiger partial charge in [0.2, 0.25) is 0 Å². The van der Waals surface area contributed by atoms with E-state index in [9.17, 15) is 14.4 Å². The predicted molar refractivity (Wildman–Crippen MR) is 73.3 cm³/mol. The van der Waals surface area contributed by atoms with Gasteiger partial charge in [-0.25, -0.2) is 9.59 Å². The van der Waals surface area contributed by atoms with Gasteiger partial charge in [-0.3, -0.25) is 4.79 Å². The van der Waals surface area contributed by atoms with Crippen LogP contribution < -0.4 is 5.32 Å². The highest BCUT2D eigenvalue weighted by Gasteiger charge is 2.25. The van der Waals surface area contributed by atoms with Crippen molar-refractivity contribution < 1.29 is 24.2 Å². The number of ether oxygens (including phenoxy) is 1. The number of aliphatic carboxylic acids is 1. The summed E-state index contributed by atoms with van der Waals surface area (Å²) in [5.41, 5.74) is 0. The molecule has 1 atom stereocenters. The highest BCUT2D eigenvalue weighted by Crippen LogP contribution is 2.03. The van der Waals surface area contributed by atoms with Gasteiger partial charge < -0.3 is 20.1 Å². The summed E-state index contributed by atoms with van der Waals surface area (Å²) in [5.74, 6) is -1.60. The zero-order chi connectivity index (χ0) is 15.7. The number of rotatable bonds is 8. The molecule has 0 bridgehead atoms. The number of carboxylic acid groups (broad SMARTS) is 1. The molecule has 0 aliphatic heterocycles. The molecule has 0 heterocycles. The van der Waals surface area contributed by atoms with Crippen LogP contribution in [0.2, 0.25) is 0 Å². The number of carbonyl (C=O) groups is 3. The van der Waals surface area contributed by atoms with Crippen molar-refractivity contribution in [2.45, 2.75) is 52.6 Å². The van der Waals surface area contributed by atoms with Gasteiger partial charge in [0, 0.05) is 6.04 Å². The number of carboxylic acids is 1. The topological polar surface area (TPSA) is 95.9 Å². The maximum absolute atomic E-state index is 12.1. The van der Waals surface area contributed by atoms with Crippen LogP contribution in [0.3, 0.4) is 0 Å². The molecule has 20 heavy (non-hydrogen) atoms. The van der Waals surface area contributed by atoms with E-state index >= 15 is 0 Å². The Morgan fingerprint density at radius 3 is 2.25 bits per heavy atom. The lowest BCUT2D eigenvalue weighted by atomic mass is 10.2. The van der Waals surface area contributed by atoms with E-state index in [1.54, 1.807) is 20.8 Å². The van der Waals surface area contributed by atoms with Crippen LogP contribution >= 0.6 is 0 Å². The van der Waals surface area contributed by atoms with Gasteiger partial charge in [0.15, 0.2) is 0 Å². The van der Waals surface area contributed by atoms with Crippen molar-refractivity contribution in [1.82, 2.24) is 10.2 Å². The number of carbonyl (C=O) groups excluding carboxylic acids is 2. The van der Waals surface area contributed by atoms with E-state index < -0.39 is 24.0 Å². The van der Waals surface area contributed by atoms with Gasteiger partial charge in [-0.2, -0.15) is 0 Å². The van der Waals surface area contributed by atoms with Crippen molar-refractivity contribution in [3.8, 4) is 0 Å². The van der Waals surface area contributed by atoms with Crippen LogP contribution in [-0.2, 0) is 14.3 Å². The van der Waals surface area contributed by atoms with Gasteiger partial charge in [-0.1, -0.05) is 13.3 Å². The maximum atomic E-state index is 12.1. The number of hydrogen-bond donors (Lipinski definition) is 2. The third-order valence-corrected chi connectivity index (χ3v) is 2.66. The summed E-state index contributed by atoms with van der Waals surface area (Å²) >= 11 is 0. The molecule has 116 valence electrons. The standard InChI is InChI=1S/C13H24N2O5/c1-5-7-10(12(17)18)14-13(19)15(9(3)4)8-11(16)20-6-2/h9-10H,5-8H2,1-4H3,(H,14,19)(H,17,18)/t10-/m0/s1. The third-order valence-electron chi connectivity index (χ3n) is 2.66. The summed E-state index contributed by atoms with van der Waals surface area (Å²) in [6.07, 6.45) is 0.975. The number of nitrogens with one attached hydrogen (secondary N) is 1. The summed E-state index contributed by atoms with van der Waals surface area (Å²) in [6.45, 7) is 7.04. The number of amides is 2. The number of nitrogens with zero attached hydrogens (tertiary/aromatic N) is 1. The summed E-state index contributed by atoms with van der Waals surface area (Å²) < 4.78 is 4.80. The molecule has 0 fully saturated rings. The van der Waals surface area contributed by atoms with Gasteiger partial charge >= 0.3 is 18.0 Å². The molecule has 0 unspecified atom stereocenters. The van der Waals surface area contributed by atoms with Crippen molar-refractivity contribution in [3.63, 3.8) is 0 Å². The molecule has 7 nitrogen and oxygen atoms in total. The SMILES string of the molecule is CCC[C@H](NC(=O)N(CC(=O)OCC)C(C)C)C(=O)O. The van der Waals surface area contributed by atoms with E-state index in [1.807, 2.05) is 6.92 Å². The normalized spacial score (nSPS) is 11.8. The highest BCUT2D eigenvalue weighted by atomic mass is 16.5. The molecule has 0 saturated carbocycles. The van der Waals surface area contributed by atoms with Crippen LogP contribution in [0.1, 0.15) is 40.5 Å². The Labute approximate surface area is 119 Å². The Bertz CT molecular complexity index is 344. The monoisotopic (exact) mass is 288 g/mol. The smallest absolute Gasteiger partial charge is 0.326 e. The first-order chi connectivity index (χ1) is 9.33. The largest absolute Gasteiger partial charge is 0.480 e. The zero-order valence-corrected chi connectivity index (χ0v) is 12.5. The molecule has 0 aromatic rings. The molecule has 0 saturated heterocycles. The van der Waals surface area contributed by atoms with Gasteiger partial charge in [0.05, 0.1) is 6.61 Å². The Balaban J connectivity index is 4.71. The molecular weight excluding hydrogens is 264 g/mol. The second kappa shape index (κ2) is 9.17. The second-order valence-electron chi connectivity index (χ2n) is 4.66. The van der Waals surface area contributed by atoms with Gasteiger partial charge in [0.25, 0.3) is 0 Å². The molecule has 7 heteroatoms. The third kappa shape index (κ3) is 6.40. The molecule has 0 aromatic heterocycles. The van der Waals surface area contributed by atoms with E-state index in [0.29, 0.717) is 12.8 Å². The fourth-order valence-corrected chi connectivity index (χ4v) is 1.61. The van der Waals surface area contributed by atoms with Gasteiger partial charge in [-0.05, 0) is 27.2 Å². The van der Waals surface area contributed by atoms with Crippen LogP contribution in [0.25, 0.3) is 0 Å². The number of esters is 1. The molecule has 0 aliphatic rings. The minimum atomic E-state index is -1.08. The van der Waals surface area contributed by atoms with E-state index in [-0.39, 0.29) is 19.2 Å². The summed E-state index contributed by atoms with van der Waals surface area (Å²) in [6, 6.07) is -1.76. The lowest BCUT2D eigenvalue weighted by molar-refractivity contribution is -0.144. The molecule has 0 radical (unpaired) electrons. The molecule has 0 rings (SSSR count). The minimum Gasteiger partial charge on any atom is -0.480 e. The first-order valence-corrected chi connectivity index (χ1v) is 6.78. The second-order valence-corrected chi connectivity index (χ2v) is 4.66. The van der Waals surface area contributed by atoms with Crippen molar-refractivity contribution in [2.24, 2.45) is 0 Å². The Kier molecular flexibility index (Phi) is 8.35. The molecule has 0 spiro atoms. The zero-order valence-electron chi connectivity index (χ0n) is 12.5. The quantitative estimate of drug-likeness (QED) is 0.655. The van der Waals surface area contributed by atoms with Crippen molar-refractivity contribution >= 4 is 18.0 Å². The Morgan fingerprint density at radius 2 is 1.85 bits per heavy atom. The van der Waals surface area contributed by atoms with Crippen LogP contribution in [0.4, 0.5) is 4.79 Å². The van der Waals surface area contributed by atoms with Crippen molar-refractivity contribution in [1.29, 1.82) is 0 Å². The maximum Gasteiger partial charge on any atom is 0.326 e. The van der Waals surface area contributed by atoms with E-state index in [4.69, 9.17) is 9.84 Å². The van der Waals surface area contributed by atoms with E-state index in [2.05, 4.69) is 5.32 Å². The Hall–Kier alpha value is -1.79. The summed E-state index contributed by atoms with van der Waals surface area (Å²) in [5, 5.41) is 11.4. The van der Waals surface area contributed by atoms with Crippen molar-refractivity contribution in [2.75, 3.05) is 13.2 Å². The first-order valence-electron chi connectivity index (χ1n) is 6.78. The molecule has 2 N–H and O–H groups in total. The average Bonchev–Trinajstić information content (AvgIpc) is 2.35. The lowest BCUT2D eigenvalue weighted by Gasteiger charge is -2.27. The number of hydrogen-bond acceptors (Lipinski definition) is 4. The first kappa shape index (κ1) is 18.2. The van der Waals surface area contributed by atoms with Crippen LogP contribution in [0, 0.1) is 0 Å². The van der Waals surface area contributed by atoms with Crippen LogP contribution in [0.15, 0.2) is 0 Å². The molecular formula is C13H24N2O5. The molecule has 2 amide bonds. The van der Waals surface area contributed by atoms with Gasteiger partial charge in [-0.15, -0.1) is 0 Å². The molecule has 0 aliphatic carbocycles. The van der Waals surface area contributed by atoms with E-state index in [1.165, 1.54) is 4.90 Å².